The van der Waals surface area contributed by atoms with E-state index in [9.17, 15) is 14.7 Å². The van der Waals surface area contributed by atoms with E-state index in [2.05, 4.69) is 4.98 Å². The molecule has 0 aliphatic carbocycles. The van der Waals surface area contributed by atoms with Crippen molar-refractivity contribution in [1.82, 2.24) is 14.5 Å². The van der Waals surface area contributed by atoms with E-state index in [0.717, 1.165) is 11.3 Å². The van der Waals surface area contributed by atoms with Crippen LogP contribution in [0.4, 0.5) is 0 Å². The van der Waals surface area contributed by atoms with Crippen LogP contribution in [0.1, 0.15) is 27.4 Å². The molecule has 5 aromatic rings. The van der Waals surface area contributed by atoms with E-state index in [-0.39, 0.29) is 11.1 Å². The first-order valence-electron chi connectivity index (χ1n) is 11.3. The van der Waals surface area contributed by atoms with Crippen LogP contribution in [0.3, 0.4) is 0 Å². The van der Waals surface area contributed by atoms with Crippen molar-refractivity contribution in [3.05, 3.63) is 130 Å². The lowest BCUT2D eigenvalue weighted by Gasteiger charge is -2.12. The summed E-state index contributed by atoms with van der Waals surface area (Å²) in [5, 5.41) is 9.71. The lowest BCUT2D eigenvalue weighted by atomic mass is 10.1. The summed E-state index contributed by atoms with van der Waals surface area (Å²) in [4.78, 5) is 33.7. The van der Waals surface area contributed by atoms with Crippen molar-refractivity contribution in [3.8, 4) is 11.4 Å². The van der Waals surface area contributed by atoms with Gasteiger partial charge in [-0.2, -0.15) is 0 Å². The minimum Gasteiger partial charge on any atom is -0.487 e. The molecule has 0 radical (unpaired) electrons. The summed E-state index contributed by atoms with van der Waals surface area (Å²) in [5.41, 5.74) is 2.59. The van der Waals surface area contributed by atoms with E-state index in [0.29, 0.717) is 34.8 Å². The number of rotatable bonds is 7. The van der Waals surface area contributed by atoms with Crippen molar-refractivity contribution in [2.45, 2.75) is 6.61 Å². The highest BCUT2D eigenvalue weighted by Crippen LogP contribution is 2.22. The molecular formula is C29H21N3O4. The number of nitrogens with zero attached hydrogens (tertiary/aromatic N) is 3. The second-order valence-electron chi connectivity index (χ2n) is 7.96. The fraction of sp³-hybridized carbons (Fsp3) is 0.0345. The largest absolute Gasteiger partial charge is 0.487 e. The zero-order valence-corrected chi connectivity index (χ0v) is 19.1. The predicted molar refractivity (Wildman–Crippen MR) is 138 cm³/mol. The van der Waals surface area contributed by atoms with Crippen molar-refractivity contribution in [2.75, 3.05) is 0 Å². The number of aromatic nitrogens is 3. The molecule has 0 aliphatic heterocycles. The van der Waals surface area contributed by atoms with Crippen molar-refractivity contribution in [3.63, 3.8) is 0 Å². The van der Waals surface area contributed by atoms with Gasteiger partial charge in [0, 0.05) is 11.8 Å². The second-order valence-corrected chi connectivity index (χ2v) is 7.96. The summed E-state index contributed by atoms with van der Waals surface area (Å²) < 4.78 is 7.47. The Balaban J connectivity index is 1.55. The van der Waals surface area contributed by atoms with E-state index < -0.39 is 5.97 Å². The topological polar surface area (TPSA) is 94.3 Å². The maximum absolute atomic E-state index is 13.4. The molecule has 2 aromatic heterocycles. The predicted octanol–water partition coefficient (Wildman–Crippen LogP) is 5.23. The zero-order chi connectivity index (χ0) is 24.9. The molecule has 2 heterocycles. The number of benzene rings is 3. The van der Waals surface area contributed by atoms with Crippen LogP contribution in [0.15, 0.2) is 102 Å². The minimum atomic E-state index is -1.03. The van der Waals surface area contributed by atoms with Gasteiger partial charge < -0.3 is 9.84 Å². The summed E-state index contributed by atoms with van der Waals surface area (Å²) in [6, 6.07) is 26.5. The summed E-state index contributed by atoms with van der Waals surface area (Å²) in [6.07, 6.45) is 5.31. The Morgan fingerprint density at radius 2 is 1.64 bits per heavy atom. The Labute approximate surface area is 206 Å². The van der Waals surface area contributed by atoms with Gasteiger partial charge in [-0.1, -0.05) is 36.4 Å². The van der Waals surface area contributed by atoms with Crippen molar-refractivity contribution in [1.29, 1.82) is 0 Å². The third kappa shape index (κ3) is 4.76. The SMILES string of the molecule is O=C(O)c1ccc(-n2c(/C=C/c3ccccc3OCc3ccccn3)nc3ccccc3c2=O)cc1. The van der Waals surface area contributed by atoms with Crippen molar-refractivity contribution < 1.29 is 14.6 Å². The van der Waals surface area contributed by atoms with Crippen LogP contribution in [-0.4, -0.2) is 25.6 Å². The Bertz CT molecular complexity index is 1620. The fourth-order valence-corrected chi connectivity index (χ4v) is 3.81. The molecule has 5 rings (SSSR count). The van der Waals surface area contributed by atoms with E-state index >= 15 is 0 Å². The molecule has 3 aromatic carbocycles. The number of carboxylic acid groups (broad SMARTS) is 1. The average molecular weight is 476 g/mol. The average Bonchev–Trinajstić information content (AvgIpc) is 2.92. The van der Waals surface area contributed by atoms with E-state index in [1.807, 2.05) is 54.6 Å². The van der Waals surface area contributed by atoms with Gasteiger partial charge in [-0.15, -0.1) is 0 Å². The van der Waals surface area contributed by atoms with Crippen LogP contribution in [0.25, 0.3) is 28.7 Å². The molecule has 0 unspecified atom stereocenters. The molecule has 0 fully saturated rings. The maximum atomic E-state index is 13.4. The molecule has 176 valence electrons. The minimum absolute atomic E-state index is 0.136. The fourth-order valence-electron chi connectivity index (χ4n) is 3.81. The van der Waals surface area contributed by atoms with Gasteiger partial charge in [0.05, 0.1) is 27.8 Å². The van der Waals surface area contributed by atoms with Gasteiger partial charge in [-0.05, 0) is 66.7 Å². The number of para-hydroxylation sites is 2. The van der Waals surface area contributed by atoms with Gasteiger partial charge in [0.2, 0.25) is 0 Å². The Morgan fingerprint density at radius 3 is 2.42 bits per heavy atom. The lowest BCUT2D eigenvalue weighted by molar-refractivity contribution is 0.0697. The van der Waals surface area contributed by atoms with Crippen molar-refractivity contribution >= 4 is 29.0 Å². The van der Waals surface area contributed by atoms with Gasteiger partial charge >= 0.3 is 5.97 Å². The van der Waals surface area contributed by atoms with Crippen LogP contribution in [0, 0.1) is 0 Å². The molecule has 0 spiro atoms. The first-order chi connectivity index (χ1) is 17.6. The maximum Gasteiger partial charge on any atom is 0.335 e. The van der Waals surface area contributed by atoms with Gasteiger partial charge in [-0.3, -0.25) is 14.3 Å². The molecule has 0 atom stereocenters. The van der Waals surface area contributed by atoms with Gasteiger partial charge in [0.15, 0.2) is 0 Å². The number of hydrogen-bond acceptors (Lipinski definition) is 5. The molecule has 0 saturated heterocycles. The molecular weight excluding hydrogens is 454 g/mol. The van der Waals surface area contributed by atoms with Crippen LogP contribution in [0.5, 0.6) is 5.75 Å². The standard InChI is InChI=1S/C29H21N3O4/c33-28-24-9-2-3-10-25(24)31-27(32(28)23-15-12-21(13-16-23)29(34)35)17-14-20-7-1-4-11-26(20)36-19-22-8-5-6-18-30-22/h1-18H,19H2,(H,34,35)/b17-14+. The van der Waals surface area contributed by atoms with E-state index in [1.165, 1.54) is 16.7 Å². The van der Waals surface area contributed by atoms with Crippen LogP contribution < -0.4 is 10.3 Å². The molecule has 0 bridgehead atoms. The monoisotopic (exact) mass is 475 g/mol. The molecule has 36 heavy (non-hydrogen) atoms. The highest BCUT2D eigenvalue weighted by Gasteiger charge is 2.12. The number of fused-ring (bicyclic) bond motifs is 1. The quantitative estimate of drug-likeness (QED) is 0.346. The highest BCUT2D eigenvalue weighted by atomic mass is 16.5. The van der Waals surface area contributed by atoms with Crippen molar-refractivity contribution in [2.24, 2.45) is 0 Å². The Hall–Kier alpha value is -5.04. The number of pyridine rings is 1. The van der Waals surface area contributed by atoms with Crippen LogP contribution in [0.2, 0.25) is 0 Å². The normalized spacial score (nSPS) is 11.1. The molecule has 0 aliphatic rings. The molecule has 0 amide bonds. The summed E-state index contributed by atoms with van der Waals surface area (Å²) in [7, 11) is 0. The molecule has 7 heteroatoms. The third-order valence-electron chi connectivity index (χ3n) is 5.61. The summed E-state index contributed by atoms with van der Waals surface area (Å²) in [5.74, 6) is 0.0363. The smallest absolute Gasteiger partial charge is 0.335 e. The molecule has 7 nitrogen and oxygen atoms in total. The summed E-state index contributed by atoms with van der Waals surface area (Å²) >= 11 is 0. The van der Waals surface area contributed by atoms with Gasteiger partial charge in [-0.25, -0.2) is 9.78 Å². The Kier molecular flexibility index (Phi) is 6.36. The van der Waals surface area contributed by atoms with E-state index in [1.54, 1.807) is 42.6 Å². The first-order valence-corrected chi connectivity index (χ1v) is 11.3. The second kappa shape index (κ2) is 10.1. The Morgan fingerprint density at radius 1 is 0.889 bits per heavy atom. The number of aromatic carboxylic acids is 1. The van der Waals surface area contributed by atoms with E-state index in [4.69, 9.17) is 9.72 Å². The zero-order valence-electron chi connectivity index (χ0n) is 19.1. The molecule has 0 saturated carbocycles. The van der Waals surface area contributed by atoms with Gasteiger partial charge in [0.1, 0.15) is 18.2 Å². The number of hydrogen-bond donors (Lipinski definition) is 1. The van der Waals surface area contributed by atoms with Gasteiger partial charge in [0.25, 0.3) is 5.56 Å². The number of carboxylic acids is 1. The van der Waals surface area contributed by atoms with Crippen LogP contribution in [-0.2, 0) is 6.61 Å². The number of carbonyl (C=O) groups is 1. The highest BCUT2D eigenvalue weighted by molar-refractivity contribution is 5.88. The molecule has 1 N–H and O–H groups in total. The number of ether oxygens (including phenoxy) is 1. The summed E-state index contributed by atoms with van der Waals surface area (Å²) in [6.45, 7) is 0.320. The third-order valence-corrected chi connectivity index (χ3v) is 5.61. The first kappa shape index (κ1) is 22.7. The van der Waals surface area contributed by atoms with Crippen LogP contribution >= 0.6 is 0 Å². The lowest BCUT2D eigenvalue weighted by Crippen LogP contribution is -2.22.